The SMILES string of the molecule is CNCc1ccc(Br)cc1N.COC(C)=O. The third-order valence-corrected chi connectivity index (χ3v) is 2.26. The van der Waals surface area contributed by atoms with Gasteiger partial charge in [-0.05, 0) is 24.7 Å². The van der Waals surface area contributed by atoms with E-state index in [0.717, 1.165) is 22.3 Å². The molecule has 0 bridgehead atoms. The van der Waals surface area contributed by atoms with Gasteiger partial charge in [-0.2, -0.15) is 0 Å². The first-order valence-electron chi connectivity index (χ1n) is 4.74. The summed E-state index contributed by atoms with van der Waals surface area (Å²) in [5.74, 6) is -0.245. The van der Waals surface area contributed by atoms with E-state index >= 15 is 0 Å². The predicted octanol–water partition coefficient (Wildman–Crippen LogP) is 1.93. The summed E-state index contributed by atoms with van der Waals surface area (Å²) in [6.45, 7) is 2.18. The monoisotopic (exact) mass is 288 g/mol. The van der Waals surface area contributed by atoms with Crippen LogP contribution in [0.1, 0.15) is 12.5 Å². The van der Waals surface area contributed by atoms with Crippen LogP contribution in [-0.4, -0.2) is 20.1 Å². The molecule has 0 spiro atoms. The van der Waals surface area contributed by atoms with Crippen molar-refractivity contribution < 1.29 is 9.53 Å². The Labute approximate surface area is 104 Å². The molecule has 16 heavy (non-hydrogen) atoms. The van der Waals surface area contributed by atoms with Crippen molar-refractivity contribution in [2.45, 2.75) is 13.5 Å². The van der Waals surface area contributed by atoms with Gasteiger partial charge in [0.2, 0.25) is 0 Å². The normalized spacial score (nSPS) is 9.00. The molecule has 0 aromatic heterocycles. The number of benzene rings is 1. The third kappa shape index (κ3) is 6.42. The van der Waals surface area contributed by atoms with E-state index in [-0.39, 0.29) is 5.97 Å². The van der Waals surface area contributed by atoms with Crippen LogP contribution in [0.3, 0.4) is 0 Å². The Bertz CT molecular complexity index is 343. The van der Waals surface area contributed by atoms with E-state index < -0.39 is 0 Å². The van der Waals surface area contributed by atoms with Crippen molar-refractivity contribution >= 4 is 27.6 Å². The number of methoxy groups -OCH3 is 1. The number of ether oxygens (including phenoxy) is 1. The van der Waals surface area contributed by atoms with Crippen molar-refractivity contribution in [1.29, 1.82) is 0 Å². The average Bonchev–Trinajstić information content (AvgIpc) is 2.23. The van der Waals surface area contributed by atoms with E-state index in [1.165, 1.54) is 14.0 Å². The minimum absolute atomic E-state index is 0.245. The second-order valence-corrected chi connectivity index (χ2v) is 3.98. The van der Waals surface area contributed by atoms with Gasteiger partial charge in [0, 0.05) is 23.6 Å². The topological polar surface area (TPSA) is 64.3 Å². The number of carbonyl (C=O) groups excluding carboxylic acids is 1. The van der Waals surface area contributed by atoms with Gasteiger partial charge in [0.1, 0.15) is 0 Å². The minimum Gasteiger partial charge on any atom is -0.469 e. The lowest BCUT2D eigenvalue weighted by Gasteiger charge is -2.04. The number of nitrogens with two attached hydrogens (primary N) is 1. The molecule has 0 fully saturated rings. The first-order chi connectivity index (χ1) is 7.51. The molecule has 0 aliphatic rings. The molecule has 90 valence electrons. The zero-order valence-corrected chi connectivity index (χ0v) is 11.3. The Balaban J connectivity index is 0.000000385. The highest BCUT2D eigenvalue weighted by Gasteiger charge is 1.96. The summed E-state index contributed by atoms with van der Waals surface area (Å²) in [5, 5.41) is 3.05. The van der Waals surface area contributed by atoms with Gasteiger partial charge in [-0.3, -0.25) is 4.79 Å². The fraction of sp³-hybridized carbons (Fsp3) is 0.364. The van der Waals surface area contributed by atoms with Crippen LogP contribution in [0.15, 0.2) is 22.7 Å². The van der Waals surface area contributed by atoms with Crippen LogP contribution in [0.4, 0.5) is 5.69 Å². The van der Waals surface area contributed by atoms with Gasteiger partial charge in [-0.15, -0.1) is 0 Å². The van der Waals surface area contributed by atoms with Crippen LogP contribution in [-0.2, 0) is 16.1 Å². The van der Waals surface area contributed by atoms with E-state index in [2.05, 4.69) is 26.0 Å². The van der Waals surface area contributed by atoms with E-state index in [9.17, 15) is 4.79 Å². The zero-order valence-electron chi connectivity index (χ0n) is 9.71. The molecule has 0 aliphatic heterocycles. The molecule has 1 rings (SSSR count). The molecule has 1 aromatic carbocycles. The van der Waals surface area contributed by atoms with Gasteiger partial charge < -0.3 is 15.8 Å². The molecular formula is C11H17BrN2O2. The van der Waals surface area contributed by atoms with Gasteiger partial charge in [0.25, 0.3) is 0 Å². The standard InChI is InChI=1S/C8H11BrN2.C3H6O2/c1-11-5-6-2-3-7(9)4-8(6)10;1-3(4)5-2/h2-4,11H,5,10H2,1H3;1-2H3. The fourth-order valence-corrected chi connectivity index (χ4v) is 1.30. The Kier molecular flexibility index (Phi) is 7.58. The van der Waals surface area contributed by atoms with Crippen molar-refractivity contribution in [2.75, 3.05) is 19.9 Å². The zero-order chi connectivity index (χ0) is 12.6. The van der Waals surface area contributed by atoms with Crippen LogP contribution in [0, 0.1) is 0 Å². The molecule has 0 saturated heterocycles. The van der Waals surface area contributed by atoms with Gasteiger partial charge in [0.05, 0.1) is 7.11 Å². The average molecular weight is 289 g/mol. The van der Waals surface area contributed by atoms with Gasteiger partial charge in [-0.1, -0.05) is 22.0 Å². The Morgan fingerprint density at radius 2 is 2.12 bits per heavy atom. The molecule has 0 heterocycles. The quantitative estimate of drug-likeness (QED) is 0.645. The Morgan fingerprint density at radius 3 is 2.50 bits per heavy atom. The molecule has 4 nitrogen and oxygen atoms in total. The maximum absolute atomic E-state index is 9.59. The number of anilines is 1. The highest BCUT2D eigenvalue weighted by Crippen LogP contribution is 2.17. The number of rotatable bonds is 2. The lowest BCUT2D eigenvalue weighted by Crippen LogP contribution is -2.07. The molecule has 0 radical (unpaired) electrons. The summed E-state index contributed by atoms with van der Waals surface area (Å²) in [7, 11) is 3.25. The lowest BCUT2D eigenvalue weighted by molar-refractivity contribution is -0.137. The first-order valence-corrected chi connectivity index (χ1v) is 5.53. The number of carbonyl (C=O) groups is 1. The van der Waals surface area contributed by atoms with Crippen LogP contribution in [0.25, 0.3) is 0 Å². The number of esters is 1. The van der Waals surface area contributed by atoms with Crippen LogP contribution in [0.2, 0.25) is 0 Å². The summed E-state index contributed by atoms with van der Waals surface area (Å²) >= 11 is 3.35. The third-order valence-electron chi connectivity index (χ3n) is 1.76. The molecule has 1 aromatic rings. The van der Waals surface area contributed by atoms with Gasteiger partial charge >= 0.3 is 5.97 Å². The smallest absolute Gasteiger partial charge is 0.302 e. The number of nitrogens with one attached hydrogen (secondary N) is 1. The van der Waals surface area contributed by atoms with Gasteiger partial charge in [0.15, 0.2) is 0 Å². The lowest BCUT2D eigenvalue weighted by atomic mass is 10.2. The number of hydrogen-bond acceptors (Lipinski definition) is 4. The molecule has 0 unspecified atom stereocenters. The summed E-state index contributed by atoms with van der Waals surface area (Å²) in [6, 6.07) is 5.91. The molecule has 0 amide bonds. The molecule has 3 N–H and O–H groups in total. The Morgan fingerprint density at radius 1 is 1.56 bits per heavy atom. The van der Waals surface area contributed by atoms with Crippen molar-refractivity contribution in [3.8, 4) is 0 Å². The molecule has 0 atom stereocenters. The van der Waals surface area contributed by atoms with E-state index in [1.54, 1.807) is 0 Å². The van der Waals surface area contributed by atoms with E-state index in [0.29, 0.717) is 0 Å². The summed E-state index contributed by atoms with van der Waals surface area (Å²) < 4.78 is 5.13. The summed E-state index contributed by atoms with van der Waals surface area (Å²) in [6.07, 6.45) is 0. The van der Waals surface area contributed by atoms with Crippen molar-refractivity contribution in [2.24, 2.45) is 0 Å². The minimum atomic E-state index is -0.245. The fourth-order valence-electron chi connectivity index (χ4n) is 0.917. The maximum atomic E-state index is 9.59. The maximum Gasteiger partial charge on any atom is 0.302 e. The summed E-state index contributed by atoms with van der Waals surface area (Å²) in [5.41, 5.74) is 7.70. The second kappa shape index (κ2) is 8.13. The van der Waals surface area contributed by atoms with Crippen molar-refractivity contribution in [3.63, 3.8) is 0 Å². The first kappa shape index (κ1) is 14.9. The predicted molar refractivity (Wildman–Crippen MR) is 69.0 cm³/mol. The number of hydrogen-bond donors (Lipinski definition) is 2. The van der Waals surface area contributed by atoms with Crippen LogP contribution >= 0.6 is 15.9 Å². The van der Waals surface area contributed by atoms with Crippen molar-refractivity contribution in [1.82, 2.24) is 5.32 Å². The molecule has 0 saturated carbocycles. The van der Waals surface area contributed by atoms with E-state index in [1.807, 2.05) is 25.2 Å². The molecule has 0 aliphatic carbocycles. The highest BCUT2D eigenvalue weighted by atomic mass is 79.9. The Hall–Kier alpha value is -1.07. The number of halogens is 1. The van der Waals surface area contributed by atoms with Crippen LogP contribution < -0.4 is 11.1 Å². The van der Waals surface area contributed by atoms with Crippen LogP contribution in [0.5, 0.6) is 0 Å². The molecular weight excluding hydrogens is 272 g/mol. The highest BCUT2D eigenvalue weighted by molar-refractivity contribution is 9.10. The second-order valence-electron chi connectivity index (χ2n) is 3.07. The van der Waals surface area contributed by atoms with Crippen molar-refractivity contribution in [3.05, 3.63) is 28.2 Å². The largest absolute Gasteiger partial charge is 0.469 e. The van der Waals surface area contributed by atoms with E-state index in [4.69, 9.17) is 5.73 Å². The number of nitrogen functional groups attached to an aromatic ring is 1. The molecule has 5 heteroatoms. The summed E-state index contributed by atoms with van der Waals surface area (Å²) in [4.78, 5) is 9.59. The van der Waals surface area contributed by atoms with Gasteiger partial charge in [-0.25, -0.2) is 0 Å².